The molecule has 0 bridgehead atoms. The van der Waals surface area contributed by atoms with E-state index < -0.39 is 0 Å². The largest absolute Gasteiger partial charge is 0.486 e. The van der Waals surface area contributed by atoms with E-state index in [1.165, 1.54) is 5.56 Å². The predicted molar refractivity (Wildman–Crippen MR) is 79.6 cm³/mol. The Hall–Kier alpha value is -1.26. The first kappa shape index (κ1) is 15.1. The number of rotatable bonds is 7. The summed E-state index contributed by atoms with van der Waals surface area (Å²) in [7, 11) is 1.76. The van der Waals surface area contributed by atoms with Crippen LogP contribution in [0, 0.1) is 0 Å². The molecule has 2 atom stereocenters. The van der Waals surface area contributed by atoms with Crippen LogP contribution in [0.25, 0.3) is 0 Å². The van der Waals surface area contributed by atoms with Crippen molar-refractivity contribution in [2.45, 2.75) is 38.8 Å². The first-order chi connectivity index (χ1) is 9.74. The van der Waals surface area contributed by atoms with Crippen molar-refractivity contribution < 1.29 is 14.2 Å². The normalized spacial score (nSPS) is 16.8. The van der Waals surface area contributed by atoms with Crippen molar-refractivity contribution >= 4 is 0 Å². The van der Waals surface area contributed by atoms with Crippen LogP contribution in [0.2, 0.25) is 0 Å². The van der Waals surface area contributed by atoms with E-state index in [0.29, 0.717) is 19.3 Å². The van der Waals surface area contributed by atoms with Crippen LogP contribution < -0.4 is 14.8 Å². The van der Waals surface area contributed by atoms with Gasteiger partial charge in [0.1, 0.15) is 13.2 Å². The second kappa shape index (κ2) is 7.50. The van der Waals surface area contributed by atoms with Crippen molar-refractivity contribution in [1.82, 2.24) is 5.32 Å². The summed E-state index contributed by atoms with van der Waals surface area (Å²) in [4.78, 5) is 0. The Morgan fingerprint density at radius 1 is 1.20 bits per heavy atom. The van der Waals surface area contributed by atoms with Gasteiger partial charge in [-0.2, -0.15) is 0 Å². The highest BCUT2D eigenvalue weighted by molar-refractivity contribution is 5.44. The lowest BCUT2D eigenvalue weighted by Crippen LogP contribution is -2.23. The summed E-state index contributed by atoms with van der Waals surface area (Å²) < 4.78 is 16.6. The number of benzene rings is 1. The van der Waals surface area contributed by atoms with E-state index in [0.717, 1.165) is 30.9 Å². The molecule has 4 heteroatoms. The molecule has 1 N–H and O–H groups in total. The van der Waals surface area contributed by atoms with Gasteiger partial charge in [-0.25, -0.2) is 0 Å². The number of methoxy groups -OCH3 is 1. The van der Waals surface area contributed by atoms with Crippen LogP contribution in [0.1, 0.15) is 38.3 Å². The summed E-state index contributed by atoms with van der Waals surface area (Å²) in [5.74, 6) is 1.71. The van der Waals surface area contributed by atoms with Crippen LogP contribution in [-0.2, 0) is 4.74 Å². The zero-order valence-electron chi connectivity index (χ0n) is 12.6. The molecule has 20 heavy (non-hydrogen) atoms. The Kier molecular flexibility index (Phi) is 5.68. The molecule has 0 spiro atoms. The third-order valence-electron chi connectivity index (χ3n) is 3.68. The molecule has 1 aliphatic rings. The van der Waals surface area contributed by atoms with E-state index in [9.17, 15) is 0 Å². The molecule has 2 unspecified atom stereocenters. The average Bonchev–Trinajstić information content (AvgIpc) is 2.50. The van der Waals surface area contributed by atoms with E-state index >= 15 is 0 Å². The van der Waals surface area contributed by atoms with Crippen LogP contribution in [0.4, 0.5) is 0 Å². The highest BCUT2D eigenvalue weighted by atomic mass is 16.6. The smallest absolute Gasteiger partial charge is 0.161 e. The van der Waals surface area contributed by atoms with Gasteiger partial charge in [-0.1, -0.05) is 13.0 Å². The molecule has 0 saturated carbocycles. The predicted octanol–water partition coefficient (Wildman–Crippen LogP) is 2.92. The van der Waals surface area contributed by atoms with Crippen molar-refractivity contribution in [2.24, 2.45) is 0 Å². The van der Waals surface area contributed by atoms with E-state index in [4.69, 9.17) is 14.2 Å². The molecule has 0 saturated heterocycles. The van der Waals surface area contributed by atoms with Crippen molar-refractivity contribution in [1.29, 1.82) is 0 Å². The molecule has 1 aliphatic heterocycles. The van der Waals surface area contributed by atoms with Gasteiger partial charge in [0.25, 0.3) is 0 Å². The quantitative estimate of drug-likeness (QED) is 0.833. The Labute approximate surface area is 121 Å². The van der Waals surface area contributed by atoms with Gasteiger partial charge in [-0.15, -0.1) is 0 Å². The van der Waals surface area contributed by atoms with Crippen molar-refractivity contribution in [3.63, 3.8) is 0 Å². The fourth-order valence-electron chi connectivity index (χ4n) is 2.43. The molecule has 1 aromatic rings. The molecule has 1 aromatic carbocycles. The second-order valence-electron chi connectivity index (χ2n) is 5.14. The van der Waals surface area contributed by atoms with E-state index in [2.05, 4.69) is 31.3 Å². The molecular formula is C16H25NO3. The van der Waals surface area contributed by atoms with Gasteiger partial charge < -0.3 is 19.5 Å². The molecule has 0 aliphatic carbocycles. The van der Waals surface area contributed by atoms with Crippen LogP contribution >= 0.6 is 0 Å². The van der Waals surface area contributed by atoms with Crippen molar-refractivity contribution in [3.05, 3.63) is 23.8 Å². The number of nitrogens with one attached hydrogen (secondary N) is 1. The van der Waals surface area contributed by atoms with Gasteiger partial charge in [0, 0.05) is 13.2 Å². The highest BCUT2D eigenvalue weighted by Gasteiger charge is 2.17. The third kappa shape index (κ3) is 3.87. The van der Waals surface area contributed by atoms with E-state index in [1.54, 1.807) is 7.11 Å². The van der Waals surface area contributed by atoms with Crippen LogP contribution in [0.3, 0.4) is 0 Å². The summed E-state index contributed by atoms with van der Waals surface area (Å²) in [6.45, 7) is 6.44. The summed E-state index contributed by atoms with van der Waals surface area (Å²) in [5.41, 5.74) is 1.25. The lowest BCUT2D eigenvalue weighted by atomic mass is 9.99. The van der Waals surface area contributed by atoms with E-state index in [-0.39, 0.29) is 6.10 Å². The lowest BCUT2D eigenvalue weighted by Gasteiger charge is -2.23. The van der Waals surface area contributed by atoms with Crippen molar-refractivity contribution in [2.75, 3.05) is 26.9 Å². The monoisotopic (exact) mass is 279 g/mol. The molecule has 0 amide bonds. The minimum absolute atomic E-state index is 0.286. The number of hydrogen-bond acceptors (Lipinski definition) is 4. The van der Waals surface area contributed by atoms with Crippen LogP contribution in [-0.4, -0.2) is 33.0 Å². The fourth-order valence-corrected chi connectivity index (χ4v) is 2.43. The topological polar surface area (TPSA) is 39.7 Å². The summed E-state index contributed by atoms with van der Waals surface area (Å²) in [5, 5.41) is 3.53. The standard InChI is InChI=1S/C16H25NO3/c1-4-17-14(7-5-12(2)18-3)13-6-8-15-16(11-13)20-10-9-19-15/h6,8,11-12,14,17H,4-5,7,9-10H2,1-3H3. The summed E-state index contributed by atoms with van der Waals surface area (Å²) in [6.07, 6.45) is 2.36. The Morgan fingerprint density at radius 3 is 2.65 bits per heavy atom. The van der Waals surface area contributed by atoms with Crippen LogP contribution in [0.5, 0.6) is 11.5 Å². The first-order valence-electron chi connectivity index (χ1n) is 7.40. The molecule has 0 fully saturated rings. The van der Waals surface area contributed by atoms with Gasteiger partial charge in [-0.3, -0.25) is 0 Å². The maximum atomic E-state index is 5.66. The fraction of sp³-hybridized carbons (Fsp3) is 0.625. The minimum Gasteiger partial charge on any atom is -0.486 e. The number of ether oxygens (including phenoxy) is 3. The van der Waals surface area contributed by atoms with Gasteiger partial charge in [0.2, 0.25) is 0 Å². The molecule has 4 nitrogen and oxygen atoms in total. The molecular weight excluding hydrogens is 254 g/mol. The molecule has 0 aromatic heterocycles. The first-order valence-corrected chi connectivity index (χ1v) is 7.40. The van der Waals surface area contributed by atoms with E-state index in [1.807, 2.05) is 6.07 Å². The zero-order chi connectivity index (χ0) is 14.4. The van der Waals surface area contributed by atoms with Gasteiger partial charge >= 0.3 is 0 Å². The maximum absolute atomic E-state index is 5.66. The van der Waals surface area contributed by atoms with Gasteiger partial charge in [-0.05, 0) is 44.0 Å². The molecule has 1 heterocycles. The SMILES string of the molecule is CCNC(CCC(C)OC)c1ccc2c(c1)OCCO2. The third-order valence-corrected chi connectivity index (χ3v) is 3.68. The van der Waals surface area contributed by atoms with Crippen molar-refractivity contribution in [3.8, 4) is 11.5 Å². The number of fused-ring (bicyclic) bond motifs is 1. The second-order valence-corrected chi connectivity index (χ2v) is 5.14. The summed E-state index contributed by atoms with van der Waals surface area (Å²) in [6, 6.07) is 6.55. The average molecular weight is 279 g/mol. The van der Waals surface area contributed by atoms with Crippen LogP contribution in [0.15, 0.2) is 18.2 Å². The Bertz CT molecular complexity index is 422. The Morgan fingerprint density at radius 2 is 1.95 bits per heavy atom. The summed E-state index contributed by atoms with van der Waals surface area (Å²) >= 11 is 0. The molecule has 112 valence electrons. The number of hydrogen-bond donors (Lipinski definition) is 1. The maximum Gasteiger partial charge on any atom is 0.161 e. The van der Waals surface area contributed by atoms with Gasteiger partial charge in [0.05, 0.1) is 6.10 Å². The highest BCUT2D eigenvalue weighted by Crippen LogP contribution is 2.33. The Balaban J connectivity index is 2.07. The molecule has 2 rings (SSSR count). The minimum atomic E-state index is 0.286. The van der Waals surface area contributed by atoms with Gasteiger partial charge in [0.15, 0.2) is 11.5 Å². The zero-order valence-corrected chi connectivity index (χ0v) is 12.6. The lowest BCUT2D eigenvalue weighted by molar-refractivity contribution is 0.106. The molecule has 0 radical (unpaired) electrons.